The van der Waals surface area contributed by atoms with Gasteiger partial charge in [-0.05, 0) is 6.92 Å². The van der Waals surface area contributed by atoms with Gasteiger partial charge in [-0.1, -0.05) is 0 Å². The largest absolute Gasteiger partial charge is 0.392 e. The molecular formula is C9H17N5O2. The fourth-order valence-corrected chi connectivity index (χ4v) is 1.13. The molecule has 0 aromatic carbocycles. The highest BCUT2D eigenvalue weighted by atomic mass is 16.3. The highest BCUT2D eigenvalue weighted by molar-refractivity contribution is 5.58. The summed E-state index contributed by atoms with van der Waals surface area (Å²) < 4.78 is 0. The number of rotatable bonds is 6. The lowest BCUT2D eigenvalue weighted by molar-refractivity contribution is 0.192. The Labute approximate surface area is 93.1 Å². The summed E-state index contributed by atoms with van der Waals surface area (Å²) in [6.45, 7) is 3.46. The van der Waals surface area contributed by atoms with E-state index in [4.69, 9.17) is 10.8 Å². The maximum atomic E-state index is 11.1. The van der Waals surface area contributed by atoms with Gasteiger partial charge in [-0.15, -0.1) is 0 Å². The van der Waals surface area contributed by atoms with Crippen molar-refractivity contribution in [1.82, 2.24) is 15.3 Å². The molecule has 0 aliphatic rings. The number of hydrogen-bond donors (Lipinski definition) is 5. The lowest BCUT2D eigenvalue weighted by Crippen LogP contribution is -2.29. The molecule has 0 aliphatic heterocycles. The number of nitrogens with zero attached hydrogens (tertiary/aromatic N) is 1. The molecule has 7 nitrogen and oxygen atoms in total. The minimum Gasteiger partial charge on any atom is -0.392 e. The Morgan fingerprint density at radius 2 is 2.38 bits per heavy atom. The molecular weight excluding hydrogens is 210 g/mol. The standard InChI is InChI=1S/C9H17N5O2/c1-6(15)4-11-2-3-12-8-7(10)9(16)14-5-13-8/h5-6,11,15H,2-4,10H2,1H3,(H2,12,13,14,16). The number of aliphatic hydroxyl groups is 1. The second-order valence-electron chi connectivity index (χ2n) is 3.47. The molecule has 90 valence electrons. The van der Waals surface area contributed by atoms with E-state index in [2.05, 4.69) is 20.6 Å². The highest BCUT2D eigenvalue weighted by Gasteiger charge is 2.02. The lowest BCUT2D eigenvalue weighted by Gasteiger charge is -2.09. The number of nitrogens with two attached hydrogens (primary N) is 1. The van der Waals surface area contributed by atoms with Gasteiger partial charge in [0, 0.05) is 19.6 Å². The van der Waals surface area contributed by atoms with Gasteiger partial charge in [0.2, 0.25) is 0 Å². The minimum absolute atomic E-state index is 0.0815. The second kappa shape index (κ2) is 6.09. The van der Waals surface area contributed by atoms with E-state index in [1.165, 1.54) is 6.33 Å². The van der Waals surface area contributed by atoms with Gasteiger partial charge in [-0.3, -0.25) is 4.79 Å². The van der Waals surface area contributed by atoms with Crippen LogP contribution in [0, 0.1) is 0 Å². The van der Waals surface area contributed by atoms with Crippen molar-refractivity contribution >= 4 is 11.5 Å². The number of aromatic amines is 1. The van der Waals surface area contributed by atoms with Crippen molar-refractivity contribution in [3.05, 3.63) is 16.7 Å². The van der Waals surface area contributed by atoms with Gasteiger partial charge in [-0.2, -0.15) is 0 Å². The Balaban J connectivity index is 2.32. The molecule has 0 aliphatic carbocycles. The SMILES string of the molecule is CC(O)CNCCNc1nc[nH]c(=O)c1N. The fourth-order valence-electron chi connectivity index (χ4n) is 1.13. The Morgan fingerprint density at radius 1 is 1.62 bits per heavy atom. The molecule has 1 aromatic rings. The average molecular weight is 227 g/mol. The molecule has 0 amide bonds. The van der Waals surface area contributed by atoms with E-state index in [1.54, 1.807) is 6.92 Å². The zero-order valence-electron chi connectivity index (χ0n) is 9.16. The number of aromatic nitrogens is 2. The van der Waals surface area contributed by atoms with Gasteiger partial charge in [0.15, 0.2) is 5.82 Å². The molecule has 1 rings (SSSR count). The van der Waals surface area contributed by atoms with Crippen LogP contribution in [0.2, 0.25) is 0 Å². The summed E-state index contributed by atoms with van der Waals surface area (Å²) >= 11 is 0. The number of aliphatic hydroxyl groups excluding tert-OH is 1. The first kappa shape index (κ1) is 12.5. The first-order valence-corrected chi connectivity index (χ1v) is 5.07. The van der Waals surface area contributed by atoms with E-state index in [-0.39, 0.29) is 17.4 Å². The Hall–Kier alpha value is -1.60. The van der Waals surface area contributed by atoms with Gasteiger partial charge in [0.25, 0.3) is 5.56 Å². The van der Waals surface area contributed by atoms with Crippen molar-refractivity contribution in [3.8, 4) is 0 Å². The Bertz CT molecular complexity index is 376. The third kappa shape index (κ3) is 3.87. The summed E-state index contributed by atoms with van der Waals surface area (Å²) in [7, 11) is 0. The first-order chi connectivity index (χ1) is 7.61. The van der Waals surface area contributed by atoms with Gasteiger partial charge in [-0.25, -0.2) is 4.98 Å². The van der Waals surface area contributed by atoms with Crippen LogP contribution >= 0.6 is 0 Å². The van der Waals surface area contributed by atoms with E-state index in [1.807, 2.05) is 0 Å². The van der Waals surface area contributed by atoms with E-state index in [0.29, 0.717) is 25.5 Å². The average Bonchev–Trinajstić information content (AvgIpc) is 2.23. The van der Waals surface area contributed by atoms with Crippen LogP contribution in [0.15, 0.2) is 11.1 Å². The maximum absolute atomic E-state index is 11.1. The molecule has 0 radical (unpaired) electrons. The normalized spacial score (nSPS) is 12.4. The first-order valence-electron chi connectivity index (χ1n) is 5.07. The van der Waals surface area contributed by atoms with Crippen LogP contribution in [0.4, 0.5) is 11.5 Å². The van der Waals surface area contributed by atoms with E-state index >= 15 is 0 Å². The van der Waals surface area contributed by atoms with Crippen molar-refractivity contribution < 1.29 is 5.11 Å². The molecule has 1 unspecified atom stereocenters. The minimum atomic E-state index is -0.372. The lowest BCUT2D eigenvalue weighted by atomic mass is 10.4. The topological polar surface area (TPSA) is 116 Å². The van der Waals surface area contributed by atoms with Crippen LogP contribution < -0.4 is 21.9 Å². The molecule has 0 spiro atoms. The van der Waals surface area contributed by atoms with E-state index in [9.17, 15) is 4.79 Å². The van der Waals surface area contributed by atoms with Crippen LogP contribution in [0.1, 0.15) is 6.92 Å². The van der Waals surface area contributed by atoms with Crippen LogP contribution in [0.5, 0.6) is 0 Å². The van der Waals surface area contributed by atoms with Crippen LogP contribution in [0.3, 0.4) is 0 Å². The third-order valence-corrected chi connectivity index (χ3v) is 1.92. The van der Waals surface area contributed by atoms with Crippen molar-refractivity contribution in [1.29, 1.82) is 0 Å². The number of nitrogen functional groups attached to an aromatic ring is 1. The van der Waals surface area contributed by atoms with Crippen LogP contribution in [-0.4, -0.2) is 40.8 Å². The smallest absolute Gasteiger partial charge is 0.276 e. The molecule has 0 bridgehead atoms. The van der Waals surface area contributed by atoms with Crippen LogP contribution in [0.25, 0.3) is 0 Å². The molecule has 1 atom stereocenters. The van der Waals surface area contributed by atoms with Crippen molar-refractivity contribution in [2.24, 2.45) is 0 Å². The molecule has 0 fully saturated rings. The summed E-state index contributed by atoms with van der Waals surface area (Å²) in [5.41, 5.74) is 5.25. The van der Waals surface area contributed by atoms with E-state index < -0.39 is 0 Å². The molecule has 1 heterocycles. The predicted molar refractivity (Wildman–Crippen MR) is 62.3 cm³/mol. The van der Waals surface area contributed by atoms with Crippen LogP contribution in [-0.2, 0) is 0 Å². The Morgan fingerprint density at radius 3 is 3.06 bits per heavy atom. The van der Waals surface area contributed by atoms with Gasteiger partial charge in [0.05, 0.1) is 12.4 Å². The predicted octanol–water partition coefficient (Wildman–Crippen LogP) is -1.27. The monoisotopic (exact) mass is 227 g/mol. The fraction of sp³-hybridized carbons (Fsp3) is 0.556. The molecule has 0 saturated heterocycles. The second-order valence-corrected chi connectivity index (χ2v) is 3.47. The zero-order chi connectivity index (χ0) is 12.0. The molecule has 6 N–H and O–H groups in total. The molecule has 16 heavy (non-hydrogen) atoms. The summed E-state index contributed by atoms with van der Waals surface area (Å²) in [4.78, 5) is 17.4. The number of H-pyrrole nitrogens is 1. The van der Waals surface area contributed by atoms with Crippen molar-refractivity contribution in [2.75, 3.05) is 30.7 Å². The van der Waals surface area contributed by atoms with Gasteiger partial charge < -0.3 is 26.5 Å². The quantitative estimate of drug-likeness (QED) is 0.387. The summed E-state index contributed by atoms with van der Waals surface area (Å²) in [5.74, 6) is 0.377. The maximum Gasteiger partial charge on any atom is 0.276 e. The zero-order valence-corrected chi connectivity index (χ0v) is 9.16. The molecule has 1 aromatic heterocycles. The van der Waals surface area contributed by atoms with Gasteiger partial charge in [0.1, 0.15) is 5.69 Å². The van der Waals surface area contributed by atoms with E-state index in [0.717, 1.165) is 0 Å². The van der Waals surface area contributed by atoms with Crippen molar-refractivity contribution in [2.45, 2.75) is 13.0 Å². The summed E-state index contributed by atoms with van der Waals surface area (Å²) in [6.07, 6.45) is 0.923. The number of anilines is 2. The summed E-state index contributed by atoms with van der Waals surface area (Å²) in [5, 5.41) is 14.9. The van der Waals surface area contributed by atoms with Gasteiger partial charge >= 0.3 is 0 Å². The molecule has 7 heteroatoms. The summed E-state index contributed by atoms with van der Waals surface area (Å²) in [6, 6.07) is 0. The third-order valence-electron chi connectivity index (χ3n) is 1.92. The Kier molecular flexibility index (Phi) is 4.74. The highest BCUT2D eigenvalue weighted by Crippen LogP contribution is 2.05. The number of nitrogens with one attached hydrogen (secondary N) is 3. The van der Waals surface area contributed by atoms with Crippen molar-refractivity contribution in [3.63, 3.8) is 0 Å². The molecule has 0 saturated carbocycles. The number of hydrogen-bond acceptors (Lipinski definition) is 6.